The van der Waals surface area contributed by atoms with Crippen molar-refractivity contribution in [3.05, 3.63) is 40.4 Å². The van der Waals surface area contributed by atoms with Gasteiger partial charge in [-0.2, -0.15) is 0 Å². The van der Waals surface area contributed by atoms with Gasteiger partial charge in [0.05, 0.1) is 5.69 Å². The molecule has 0 unspecified atom stereocenters. The zero-order valence-electron chi connectivity index (χ0n) is 9.62. The highest BCUT2D eigenvalue weighted by Gasteiger charge is 2.29. The summed E-state index contributed by atoms with van der Waals surface area (Å²) in [6.45, 7) is 0.452. The lowest BCUT2D eigenvalue weighted by atomic mass is 10.2. The second-order valence-electron chi connectivity index (χ2n) is 4.43. The van der Waals surface area contributed by atoms with E-state index in [1.807, 2.05) is 0 Å². The summed E-state index contributed by atoms with van der Waals surface area (Å²) in [7, 11) is 0. The average Bonchev–Trinajstić information content (AvgIpc) is 3.12. The molecule has 0 saturated heterocycles. The van der Waals surface area contributed by atoms with E-state index >= 15 is 0 Å². The summed E-state index contributed by atoms with van der Waals surface area (Å²) >= 11 is 1.47. The van der Waals surface area contributed by atoms with Gasteiger partial charge < -0.3 is 5.73 Å². The number of rotatable bonds is 3. The fourth-order valence-corrected chi connectivity index (χ4v) is 2.96. The van der Waals surface area contributed by atoms with Gasteiger partial charge in [-0.05, 0) is 31.0 Å². The van der Waals surface area contributed by atoms with E-state index in [0.717, 1.165) is 34.5 Å². The molecule has 2 N–H and O–H groups in total. The molecule has 1 heterocycles. The van der Waals surface area contributed by atoms with E-state index in [1.54, 1.807) is 6.07 Å². The average molecular weight is 266 g/mol. The van der Waals surface area contributed by atoms with Gasteiger partial charge in [-0.3, -0.25) is 0 Å². The second-order valence-corrected chi connectivity index (χ2v) is 5.52. The molecule has 1 aromatic carbocycles. The van der Waals surface area contributed by atoms with Crippen molar-refractivity contribution >= 4 is 11.3 Å². The van der Waals surface area contributed by atoms with Crippen LogP contribution in [0.1, 0.15) is 29.3 Å². The number of aromatic nitrogens is 1. The molecule has 1 aliphatic carbocycles. The van der Waals surface area contributed by atoms with E-state index in [1.165, 1.54) is 17.4 Å². The molecule has 18 heavy (non-hydrogen) atoms. The van der Waals surface area contributed by atoms with E-state index < -0.39 is 11.6 Å². The first-order valence-corrected chi connectivity index (χ1v) is 6.65. The summed E-state index contributed by atoms with van der Waals surface area (Å²) in [5, 5.41) is 0.719. The predicted octanol–water partition coefficient (Wildman–Crippen LogP) is 3.42. The van der Waals surface area contributed by atoms with E-state index in [4.69, 9.17) is 5.73 Å². The van der Waals surface area contributed by atoms with Crippen molar-refractivity contribution in [2.24, 2.45) is 5.73 Å². The van der Waals surface area contributed by atoms with E-state index in [9.17, 15) is 8.78 Å². The van der Waals surface area contributed by atoms with Crippen LogP contribution in [0.25, 0.3) is 10.6 Å². The van der Waals surface area contributed by atoms with Gasteiger partial charge in [0.1, 0.15) is 5.01 Å². The molecule has 1 aliphatic rings. The fraction of sp³-hybridized carbons (Fsp3) is 0.308. The predicted molar refractivity (Wildman–Crippen MR) is 67.3 cm³/mol. The van der Waals surface area contributed by atoms with Crippen molar-refractivity contribution in [2.45, 2.75) is 25.3 Å². The molecule has 1 aromatic heterocycles. The molecule has 3 rings (SSSR count). The van der Waals surface area contributed by atoms with Gasteiger partial charge in [-0.1, -0.05) is 0 Å². The summed E-state index contributed by atoms with van der Waals surface area (Å²) in [5.41, 5.74) is 7.35. The lowest BCUT2D eigenvalue weighted by Gasteiger charge is -1.97. The smallest absolute Gasteiger partial charge is 0.159 e. The van der Waals surface area contributed by atoms with Gasteiger partial charge >= 0.3 is 0 Å². The molecule has 0 bridgehead atoms. The molecule has 94 valence electrons. The highest BCUT2D eigenvalue weighted by Crippen LogP contribution is 2.44. The maximum atomic E-state index is 13.2. The first-order chi connectivity index (χ1) is 8.69. The third kappa shape index (κ3) is 2.04. The molecule has 0 atom stereocenters. The van der Waals surface area contributed by atoms with Crippen molar-refractivity contribution in [1.29, 1.82) is 0 Å². The number of hydrogen-bond acceptors (Lipinski definition) is 3. The topological polar surface area (TPSA) is 38.9 Å². The second kappa shape index (κ2) is 4.40. The number of halogens is 2. The van der Waals surface area contributed by atoms with Crippen molar-refractivity contribution in [2.75, 3.05) is 0 Å². The minimum atomic E-state index is -0.843. The SMILES string of the molecule is NCc1sc(-c2ccc(F)c(F)c2)nc1C1CC1. The zero-order chi connectivity index (χ0) is 12.7. The Morgan fingerprint density at radius 2 is 2.06 bits per heavy atom. The number of nitrogens with two attached hydrogens (primary N) is 1. The Bertz CT molecular complexity index is 591. The van der Waals surface area contributed by atoms with Crippen molar-refractivity contribution in [3.8, 4) is 10.6 Å². The Kier molecular flexibility index (Phi) is 2.87. The number of hydrogen-bond donors (Lipinski definition) is 1. The molecule has 5 heteroatoms. The lowest BCUT2D eigenvalue weighted by molar-refractivity contribution is 0.509. The van der Waals surface area contributed by atoms with Gasteiger partial charge in [-0.25, -0.2) is 13.8 Å². The van der Waals surface area contributed by atoms with E-state index in [-0.39, 0.29) is 0 Å². The van der Waals surface area contributed by atoms with Crippen molar-refractivity contribution in [1.82, 2.24) is 4.98 Å². The van der Waals surface area contributed by atoms with E-state index in [0.29, 0.717) is 18.0 Å². The first kappa shape index (κ1) is 11.7. The molecule has 0 amide bonds. The van der Waals surface area contributed by atoms with Crippen LogP contribution in [0.3, 0.4) is 0 Å². The summed E-state index contributed by atoms with van der Waals surface area (Å²) < 4.78 is 26.1. The molecular formula is C13H12F2N2S. The van der Waals surface area contributed by atoms with Crippen molar-refractivity contribution < 1.29 is 8.78 Å². The van der Waals surface area contributed by atoms with Gasteiger partial charge in [0.2, 0.25) is 0 Å². The van der Waals surface area contributed by atoms with Crippen LogP contribution in [0.2, 0.25) is 0 Å². The van der Waals surface area contributed by atoms with Gasteiger partial charge in [-0.15, -0.1) is 11.3 Å². The van der Waals surface area contributed by atoms with Gasteiger partial charge in [0, 0.05) is 22.9 Å². The maximum Gasteiger partial charge on any atom is 0.159 e. The van der Waals surface area contributed by atoms with Crippen LogP contribution >= 0.6 is 11.3 Å². The van der Waals surface area contributed by atoms with Crippen LogP contribution in [0.5, 0.6) is 0 Å². The highest BCUT2D eigenvalue weighted by molar-refractivity contribution is 7.15. The van der Waals surface area contributed by atoms with E-state index in [2.05, 4.69) is 4.98 Å². The maximum absolute atomic E-state index is 13.2. The summed E-state index contributed by atoms with van der Waals surface area (Å²) in [6.07, 6.45) is 2.29. The van der Waals surface area contributed by atoms with Crippen LogP contribution in [-0.2, 0) is 6.54 Å². The third-order valence-corrected chi connectivity index (χ3v) is 4.19. The fourth-order valence-electron chi connectivity index (χ4n) is 1.94. The highest BCUT2D eigenvalue weighted by atomic mass is 32.1. The number of thiazole rings is 1. The van der Waals surface area contributed by atoms with Gasteiger partial charge in [0.15, 0.2) is 11.6 Å². The molecule has 2 aromatic rings. The van der Waals surface area contributed by atoms with Gasteiger partial charge in [0.25, 0.3) is 0 Å². The largest absolute Gasteiger partial charge is 0.326 e. The van der Waals surface area contributed by atoms with Crippen molar-refractivity contribution in [3.63, 3.8) is 0 Å². The molecular weight excluding hydrogens is 254 g/mol. The summed E-state index contributed by atoms with van der Waals surface area (Å²) in [4.78, 5) is 5.59. The van der Waals surface area contributed by atoms with Crippen LogP contribution in [0, 0.1) is 11.6 Å². The molecule has 2 nitrogen and oxygen atoms in total. The number of nitrogens with zero attached hydrogens (tertiary/aromatic N) is 1. The summed E-state index contributed by atoms with van der Waals surface area (Å²) in [5.74, 6) is -1.17. The Morgan fingerprint density at radius 3 is 2.67 bits per heavy atom. The third-order valence-electron chi connectivity index (χ3n) is 3.04. The summed E-state index contributed by atoms with van der Waals surface area (Å²) in [6, 6.07) is 3.87. The number of benzene rings is 1. The Hall–Kier alpha value is -1.33. The molecule has 0 spiro atoms. The molecule has 1 fully saturated rings. The lowest BCUT2D eigenvalue weighted by Crippen LogP contribution is -1.96. The Morgan fingerprint density at radius 1 is 1.28 bits per heavy atom. The Labute approximate surface area is 107 Å². The molecule has 0 aliphatic heterocycles. The van der Waals surface area contributed by atoms with Crippen LogP contribution in [0.15, 0.2) is 18.2 Å². The standard InChI is InChI=1S/C13H12F2N2S/c14-9-4-3-8(5-10(9)15)13-17-12(7-1-2-7)11(6-16)18-13/h3-5,7H,1-2,6,16H2. The first-order valence-electron chi connectivity index (χ1n) is 5.84. The Balaban J connectivity index is 2.02. The minimum Gasteiger partial charge on any atom is -0.326 e. The van der Waals surface area contributed by atoms with Crippen LogP contribution in [0.4, 0.5) is 8.78 Å². The van der Waals surface area contributed by atoms with Crippen LogP contribution < -0.4 is 5.73 Å². The molecule has 1 saturated carbocycles. The normalized spacial score (nSPS) is 15.1. The zero-order valence-corrected chi connectivity index (χ0v) is 10.4. The van der Waals surface area contributed by atoms with Crippen LogP contribution in [-0.4, -0.2) is 4.98 Å². The quantitative estimate of drug-likeness (QED) is 0.924. The molecule has 0 radical (unpaired) electrons. The monoisotopic (exact) mass is 266 g/mol. The minimum absolute atomic E-state index is 0.452.